The van der Waals surface area contributed by atoms with E-state index in [2.05, 4.69) is 221 Å². The minimum atomic E-state index is 0.898. The number of hydrogen-bond donors (Lipinski definition) is 0. The average molecular weight is 714 g/mol. The van der Waals surface area contributed by atoms with Crippen molar-refractivity contribution in [1.29, 1.82) is 0 Å². The normalized spacial score (nSPS) is 11.6. The van der Waals surface area contributed by atoms with Gasteiger partial charge in [0.25, 0.3) is 0 Å². The highest BCUT2D eigenvalue weighted by Gasteiger charge is 2.17. The van der Waals surface area contributed by atoms with Crippen molar-refractivity contribution in [2.45, 2.75) is 0 Å². The molecule has 0 aliphatic carbocycles. The fraction of sp³-hybridized carbons (Fsp3) is 0. The first-order valence-corrected chi connectivity index (χ1v) is 19.1. The number of rotatable bonds is 6. The smallest absolute Gasteiger partial charge is 0.138 e. The fourth-order valence-corrected chi connectivity index (χ4v) is 8.47. The Morgan fingerprint density at radius 2 is 0.732 bits per heavy atom. The zero-order valence-electron chi connectivity index (χ0n) is 30.5. The van der Waals surface area contributed by atoms with Crippen molar-refractivity contribution >= 4 is 43.6 Å². The molecule has 0 unspecified atom stereocenters. The molecular formula is C53H35N3. The predicted octanol–water partition coefficient (Wildman–Crippen LogP) is 13.9. The molecule has 0 fully saturated rings. The third-order valence-corrected chi connectivity index (χ3v) is 11.1. The Balaban J connectivity index is 1.04. The molecule has 3 aromatic heterocycles. The molecule has 0 amide bonds. The lowest BCUT2D eigenvalue weighted by Crippen LogP contribution is -2.00. The molecule has 0 saturated carbocycles. The van der Waals surface area contributed by atoms with Gasteiger partial charge in [-0.05, 0) is 100 Å². The lowest BCUT2D eigenvalue weighted by Gasteiger charge is -2.13. The molecule has 3 heterocycles. The number of para-hydroxylation sites is 3. The van der Waals surface area contributed by atoms with Gasteiger partial charge < -0.3 is 4.57 Å². The standard InChI is InChI=1S/C53H35N3/c1-4-15-36(16-5-1)42-34-48(37-17-6-2-7-18-37)54-53(35-42)56-50-26-13-11-24-45(50)47-33-41(28-30-52(47)56)39-20-14-19-38(31-39)40-27-29-51-46(32-40)44-23-10-12-25-49(44)55(51)43-21-8-3-9-22-43/h1-35H. The molecular weight excluding hydrogens is 679 g/mol. The molecule has 0 aliphatic rings. The molecule has 0 radical (unpaired) electrons. The monoisotopic (exact) mass is 713 g/mol. The predicted molar refractivity (Wildman–Crippen MR) is 235 cm³/mol. The molecule has 0 saturated heterocycles. The number of benzene rings is 8. The summed E-state index contributed by atoms with van der Waals surface area (Å²) >= 11 is 0. The molecule has 11 aromatic rings. The maximum atomic E-state index is 5.32. The van der Waals surface area contributed by atoms with Gasteiger partial charge in [-0.1, -0.05) is 146 Å². The van der Waals surface area contributed by atoms with Crippen molar-refractivity contribution in [2.24, 2.45) is 0 Å². The van der Waals surface area contributed by atoms with Gasteiger partial charge in [0.15, 0.2) is 0 Å². The van der Waals surface area contributed by atoms with Gasteiger partial charge in [-0.25, -0.2) is 4.98 Å². The van der Waals surface area contributed by atoms with Gasteiger partial charge in [-0.3, -0.25) is 4.57 Å². The van der Waals surface area contributed by atoms with E-state index in [0.29, 0.717) is 0 Å². The zero-order valence-corrected chi connectivity index (χ0v) is 30.5. The summed E-state index contributed by atoms with van der Waals surface area (Å²) in [6.07, 6.45) is 0. The molecule has 11 rings (SSSR count). The molecule has 56 heavy (non-hydrogen) atoms. The third kappa shape index (κ3) is 5.32. The zero-order chi connectivity index (χ0) is 37.0. The van der Waals surface area contributed by atoms with E-state index < -0.39 is 0 Å². The van der Waals surface area contributed by atoms with E-state index in [1.54, 1.807) is 0 Å². The van der Waals surface area contributed by atoms with Gasteiger partial charge in [0.2, 0.25) is 0 Å². The molecule has 262 valence electrons. The van der Waals surface area contributed by atoms with Gasteiger partial charge in [0.05, 0.1) is 27.8 Å². The van der Waals surface area contributed by atoms with Crippen LogP contribution >= 0.6 is 0 Å². The van der Waals surface area contributed by atoms with E-state index in [0.717, 1.165) is 39.2 Å². The summed E-state index contributed by atoms with van der Waals surface area (Å²) in [5, 5.41) is 4.91. The summed E-state index contributed by atoms with van der Waals surface area (Å²) in [5.41, 5.74) is 14.9. The summed E-state index contributed by atoms with van der Waals surface area (Å²) in [6.45, 7) is 0. The van der Waals surface area contributed by atoms with E-state index >= 15 is 0 Å². The number of aromatic nitrogens is 3. The van der Waals surface area contributed by atoms with Crippen LogP contribution in [0.4, 0.5) is 0 Å². The Labute approximate surface area is 325 Å². The molecule has 0 bridgehead atoms. The van der Waals surface area contributed by atoms with Crippen molar-refractivity contribution in [2.75, 3.05) is 0 Å². The average Bonchev–Trinajstić information content (AvgIpc) is 3.79. The topological polar surface area (TPSA) is 22.8 Å². The van der Waals surface area contributed by atoms with E-state index in [1.807, 2.05) is 0 Å². The Kier molecular flexibility index (Phi) is 7.49. The Hall–Kier alpha value is -7.49. The van der Waals surface area contributed by atoms with Crippen LogP contribution in [0.3, 0.4) is 0 Å². The van der Waals surface area contributed by atoms with E-state index in [-0.39, 0.29) is 0 Å². The summed E-state index contributed by atoms with van der Waals surface area (Å²) in [4.78, 5) is 5.32. The summed E-state index contributed by atoms with van der Waals surface area (Å²) in [7, 11) is 0. The second-order valence-corrected chi connectivity index (χ2v) is 14.4. The molecule has 8 aromatic carbocycles. The molecule has 0 N–H and O–H groups in total. The van der Waals surface area contributed by atoms with E-state index in [1.165, 1.54) is 60.5 Å². The maximum Gasteiger partial charge on any atom is 0.138 e. The first-order valence-electron chi connectivity index (χ1n) is 19.1. The van der Waals surface area contributed by atoms with Crippen LogP contribution in [0.2, 0.25) is 0 Å². The van der Waals surface area contributed by atoms with Crippen molar-refractivity contribution in [3.63, 3.8) is 0 Å². The third-order valence-electron chi connectivity index (χ3n) is 11.1. The van der Waals surface area contributed by atoms with Crippen LogP contribution in [-0.4, -0.2) is 14.1 Å². The first kappa shape index (κ1) is 32.0. The summed E-state index contributed by atoms with van der Waals surface area (Å²) < 4.78 is 4.69. The highest BCUT2D eigenvalue weighted by Crippen LogP contribution is 2.39. The lowest BCUT2D eigenvalue weighted by molar-refractivity contribution is 1.08. The summed E-state index contributed by atoms with van der Waals surface area (Å²) in [6, 6.07) is 76.2. The molecule has 3 heteroatoms. The minimum absolute atomic E-state index is 0.898. The lowest BCUT2D eigenvalue weighted by atomic mass is 9.97. The van der Waals surface area contributed by atoms with Crippen LogP contribution in [0.1, 0.15) is 0 Å². The first-order chi connectivity index (χ1) is 27.8. The molecule has 3 nitrogen and oxygen atoms in total. The second kappa shape index (κ2) is 13.1. The van der Waals surface area contributed by atoms with E-state index in [4.69, 9.17) is 4.98 Å². The largest absolute Gasteiger partial charge is 0.309 e. The van der Waals surface area contributed by atoms with Gasteiger partial charge in [-0.15, -0.1) is 0 Å². The van der Waals surface area contributed by atoms with E-state index in [9.17, 15) is 0 Å². The van der Waals surface area contributed by atoms with Gasteiger partial charge >= 0.3 is 0 Å². The highest BCUT2D eigenvalue weighted by molar-refractivity contribution is 6.12. The minimum Gasteiger partial charge on any atom is -0.309 e. The second-order valence-electron chi connectivity index (χ2n) is 14.4. The van der Waals surface area contributed by atoms with Gasteiger partial charge in [-0.2, -0.15) is 0 Å². The summed E-state index contributed by atoms with van der Waals surface area (Å²) in [5.74, 6) is 0.898. The van der Waals surface area contributed by atoms with Crippen LogP contribution < -0.4 is 0 Å². The number of hydrogen-bond acceptors (Lipinski definition) is 1. The Morgan fingerprint density at radius 1 is 0.268 bits per heavy atom. The van der Waals surface area contributed by atoms with Crippen LogP contribution in [0, 0.1) is 0 Å². The highest BCUT2D eigenvalue weighted by atomic mass is 15.1. The number of fused-ring (bicyclic) bond motifs is 6. The maximum absolute atomic E-state index is 5.32. The van der Waals surface area contributed by atoms with Crippen molar-refractivity contribution in [3.8, 4) is 56.1 Å². The molecule has 0 spiro atoms. The van der Waals surface area contributed by atoms with Crippen LogP contribution in [0.5, 0.6) is 0 Å². The van der Waals surface area contributed by atoms with Crippen molar-refractivity contribution in [1.82, 2.24) is 14.1 Å². The van der Waals surface area contributed by atoms with Crippen LogP contribution in [0.15, 0.2) is 212 Å². The van der Waals surface area contributed by atoms with Crippen molar-refractivity contribution < 1.29 is 0 Å². The van der Waals surface area contributed by atoms with Gasteiger partial charge in [0.1, 0.15) is 5.82 Å². The number of nitrogens with zero attached hydrogens (tertiary/aromatic N) is 3. The van der Waals surface area contributed by atoms with Crippen molar-refractivity contribution in [3.05, 3.63) is 212 Å². The SMILES string of the molecule is c1ccc(-c2cc(-c3ccccc3)nc(-n3c4ccccc4c4cc(-c5cccc(-c6ccc7c(c6)c6ccccc6n7-c6ccccc6)c5)ccc43)c2)cc1. The van der Waals surface area contributed by atoms with Crippen LogP contribution in [-0.2, 0) is 0 Å². The fourth-order valence-electron chi connectivity index (χ4n) is 8.47. The van der Waals surface area contributed by atoms with Crippen LogP contribution in [0.25, 0.3) is 99.8 Å². The molecule has 0 atom stereocenters. The number of pyridine rings is 1. The van der Waals surface area contributed by atoms with Gasteiger partial charge in [0, 0.05) is 32.8 Å². The molecule has 0 aliphatic heterocycles. The Morgan fingerprint density at radius 3 is 1.36 bits per heavy atom. The Bertz CT molecular complexity index is 3170. The quantitative estimate of drug-likeness (QED) is 0.168.